The molecule has 1 aliphatic rings. The van der Waals surface area contributed by atoms with Gasteiger partial charge in [-0.1, -0.05) is 13.8 Å². The van der Waals surface area contributed by atoms with Crippen molar-refractivity contribution in [3.63, 3.8) is 0 Å². The molecule has 0 aromatic rings. The molecule has 1 heterocycles. The fraction of sp³-hybridized carbons (Fsp3) is 0.700. The molecule has 7 heteroatoms. The molecule has 0 bridgehead atoms. The summed E-state index contributed by atoms with van der Waals surface area (Å²) in [5.41, 5.74) is 0. The molecule has 0 aliphatic carbocycles. The van der Waals surface area contributed by atoms with Crippen LogP contribution in [0.15, 0.2) is 12.3 Å². The zero-order valence-corrected chi connectivity index (χ0v) is 10.9. The van der Waals surface area contributed by atoms with Gasteiger partial charge in [-0.05, 0) is 12.8 Å². The molecule has 1 atom stereocenters. The second kappa shape index (κ2) is 5.05. The van der Waals surface area contributed by atoms with Crippen molar-refractivity contribution in [3.8, 4) is 0 Å². The van der Waals surface area contributed by atoms with E-state index < -0.39 is 15.1 Å². The molecule has 0 amide bonds. The SMILES string of the molecule is CCCN1C=CC=[N+]([O-])C1(CCC)S(=O)(=O)O. The van der Waals surface area contributed by atoms with Crippen LogP contribution < -0.4 is 0 Å². The molecule has 0 fully saturated rings. The number of hydrogen-bond donors (Lipinski definition) is 1. The number of hydroxylamine groups is 1. The van der Waals surface area contributed by atoms with Gasteiger partial charge in [0.25, 0.3) is 0 Å². The summed E-state index contributed by atoms with van der Waals surface area (Å²) in [6, 6.07) is 0. The Morgan fingerprint density at radius 2 is 2.06 bits per heavy atom. The highest BCUT2D eigenvalue weighted by Gasteiger charge is 2.55. The van der Waals surface area contributed by atoms with Gasteiger partial charge in [0.15, 0.2) is 6.21 Å². The monoisotopic (exact) mass is 262 g/mol. The van der Waals surface area contributed by atoms with Gasteiger partial charge in [-0.15, -0.1) is 0 Å². The van der Waals surface area contributed by atoms with E-state index in [0.717, 1.165) is 6.21 Å². The number of rotatable bonds is 5. The molecule has 1 rings (SSSR count). The van der Waals surface area contributed by atoms with E-state index in [1.54, 1.807) is 6.92 Å². The van der Waals surface area contributed by atoms with Gasteiger partial charge in [0.05, 0.1) is 6.42 Å². The van der Waals surface area contributed by atoms with Crippen LogP contribution in [-0.2, 0) is 10.1 Å². The Bertz CT molecular complexity index is 430. The van der Waals surface area contributed by atoms with E-state index >= 15 is 0 Å². The Hall–Kier alpha value is -1.08. The number of allylic oxidation sites excluding steroid dienone is 1. The average Bonchev–Trinajstić information content (AvgIpc) is 2.22. The zero-order valence-electron chi connectivity index (χ0n) is 10.0. The van der Waals surface area contributed by atoms with E-state index in [-0.39, 0.29) is 6.42 Å². The first kappa shape index (κ1) is 14.0. The third-order valence-corrected chi connectivity index (χ3v) is 4.18. The van der Waals surface area contributed by atoms with Gasteiger partial charge >= 0.3 is 15.1 Å². The first-order valence-electron chi connectivity index (χ1n) is 5.62. The fourth-order valence-corrected chi connectivity index (χ4v) is 3.24. The maximum atomic E-state index is 11.9. The Balaban J connectivity index is 3.32. The Morgan fingerprint density at radius 1 is 1.41 bits per heavy atom. The van der Waals surface area contributed by atoms with Crippen LogP contribution in [0.3, 0.4) is 0 Å². The summed E-state index contributed by atoms with van der Waals surface area (Å²) in [6.45, 7) is 4.04. The van der Waals surface area contributed by atoms with Crippen molar-refractivity contribution in [2.45, 2.75) is 38.1 Å². The van der Waals surface area contributed by atoms with Crippen molar-refractivity contribution in [2.75, 3.05) is 6.54 Å². The zero-order chi connectivity index (χ0) is 13.1. The lowest BCUT2D eigenvalue weighted by Crippen LogP contribution is -2.59. The lowest BCUT2D eigenvalue weighted by molar-refractivity contribution is -0.548. The number of hydrogen-bond acceptors (Lipinski definition) is 4. The van der Waals surface area contributed by atoms with Crippen LogP contribution in [0.2, 0.25) is 0 Å². The average molecular weight is 262 g/mol. The Kier molecular flexibility index (Phi) is 4.16. The molecule has 0 saturated heterocycles. The summed E-state index contributed by atoms with van der Waals surface area (Å²) in [6.07, 6.45) is 5.33. The summed E-state index contributed by atoms with van der Waals surface area (Å²) >= 11 is 0. The Morgan fingerprint density at radius 3 is 2.53 bits per heavy atom. The molecule has 0 saturated carbocycles. The molecular weight excluding hydrogens is 244 g/mol. The lowest BCUT2D eigenvalue weighted by atomic mass is 10.2. The van der Waals surface area contributed by atoms with E-state index in [0.29, 0.717) is 24.1 Å². The molecule has 1 N–H and O–H groups in total. The van der Waals surface area contributed by atoms with E-state index in [9.17, 15) is 18.2 Å². The summed E-state index contributed by atoms with van der Waals surface area (Å²) in [4.78, 5) is -0.522. The first-order valence-corrected chi connectivity index (χ1v) is 7.06. The maximum Gasteiger partial charge on any atom is 0.374 e. The third-order valence-electron chi connectivity index (χ3n) is 2.73. The topological polar surface area (TPSA) is 83.7 Å². The highest BCUT2D eigenvalue weighted by atomic mass is 32.2. The second-order valence-corrected chi connectivity index (χ2v) is 5.58. The van der Waals surface area contributed by atoms with Crippen LogP contribution in [-0.4, -0.2) is 40.4 Å². The maximum absolute atomic E-state index is 11.9. The molecule has 1 aliphatic heterocycles. The first-order chi connectivity index (χ1) is 7.90. The second-order valence-electron chi connectivity index (χ2n) is 3.98. The largest absolute Gasteiger partial charge is 0.621 e. The van der Waals surface area contributed by atoms with Gasteiger partial charge in [0.2, 0.25) is 0 Å². The predicted molar refractivity (Wildman–Crippen MR) is 65.0 cm³/mol. The standard InChI is InChI=1S/C10H18N2O4S/c1-3-6-10(17(14,15)16)11(7-4-2)8-5-9-12(10)13/h5,8-9H,3-4,6-7H2,1-2H3,(H,14,15,16). The lowest BCUT2D eigenvalue weighted by Gasteiger charge is -2.38. The van der Waals surface area contributed by atoms with Crippen LogP contribution >= 0.6 is 0 Å². The molecule has 0 aromatic carbocycles. The van der Waals surface area contributed by atoms with Crippen molar-refractivity contribution in [3.05, 3.63) is 17.5 Å². The molecule has 0 radical (unpaired) electrons. The van der Waals surface area contributed by atoms with Gasteiger partial charge in [0.1, 0.15) is 0 Å². The minimum absolute atomic E-state index is 0.0518. The van der Waals surface area contributed by atoms with Gasteiger partial charge < -0.3 is 10.1 Å². The van der Waals surface area contributed by atoms with Crippen molar-refractivity contribution in [1.82, 2.24) is 4.90 Å². The highest BCUT2D eigenvalue weighted by molar-refractivity contribution is 7.87. The van der Waals surface area contributed by atoms with Crippen molar-refractivity contribution in [1.29, 1.82) is 0 Å². The molecule has 6 nitrogen and oxygen atoms in total. The third kappa shape index (κ3) is 2.30. The summed E-state index contributed by atoms with van der Waals surface area (Å²) in [7, 11) is -4.51. The quantitative estimate of drug-likeness (QED) is 0.456. The van der Waals surface area contributed by atoms with Crippen molar-refractivity contribution < 1.29 is 17.7 Å². The molecule has 98 valence electrons. The predicted octanol–water partition coefficient (Wildman–Crippen LogP) is 1.15. The molecular formula is C10H18N2O4S. The molecule has 0 aromatic heterocycles. The van der Waals surface area contributed by atoms with Gasteiger partial charge in [-0.3, -0.25) is 4.55 Å². The minimum atomic E-state index is -4.51. The summed E-state index contributed by atoms with van der Waals surface area (Å²) < 4.78 is 33.0. The Labute approximate surface area is 102 Å². The van der Waals surface area contributed by atoms with E-state index in [1.165, 1.54) is 17.2 Å². The van der Waals surface area contributed by atoms with Crippen molar-refractivity contribution in [2.24, 2.45) is 0 Å². The summed E-state index contributed by atoms with van der Waals surface area (Å²) in [5, 5.41) is 11.9. The van der Waals surface area contributed by atoms with E-state index in [2.05, 4.69) is 0 Å². The van der Waals surface area contributed by atoms with Gasteiger partial charge in [-0.25, -0.2) is 0 Å². The minimum Gasteiger partial charge on any atom is -0.621 e. The van der Waals surface area contributed by atoms with Gasteiger partial charge in [0, 0.05) is 18.8 Å². The highest BCUT2D eigenvalue weighted by Crippen LogP contribution is 2.30. The van der Waals surface area contributed by atoms with E-state index in [1.807, 2.05) is 6.92 Å². The van der Waals surface area contributed by atoms with Crippen LogP contribution in [0.5, 0.6) is 0 Å². The number of nitrogens with zero attached hydrogens (tertiary/aromatic N) is 2. The normalized spacial score (nSPS) is 24.9. The van der Waals surface area contributed by atoms with Crippen molar-refractivity contribution >= 4 is 16.3 Å². The summed E-state index contributed by atoms with van der Waals surface area (Å²) in [5.74, 6) is 0. The van der Waals surface area contributed by atoms with Gasteiger partial charge in [-0.2, -0.15) is 13.2 Å². The molecule has 17 heavy (non-hydrogen) atoms. The van der Waals surface area contributed by atoms with E-state index in [4.69, 9.17) is 0 Å². The van der Waals surface area contributed by atoms with Crippen LogP contribution in [0.25, 0.3) is 0 Å². The fourth-order valence-electron chi connectivity index (χ4n) is 2.04. The smallest absolute Gasteiger partial charge is 0.374 e. The molecule has 0 spiro atoms. The molecule has 1 unspecified atom stereocenters. The van der Waals surface area contributed by atoms with Crippen LogP contribution in [0.1, 0.15) is 33.1 Å². The van der Waals surface area contributed by atoms with Crippen LogP contribution in [0, 0.1) is 5.21 Å². The van der Waals surface area contributed by atoms with Crippen LogP contribution in [0.4, 0.5) is 0 Å².